The van der Waals surface area contributed by atoms with Gasteiger partial charge in [0.25, 0.3) is 0 Å². The minimum absolute atomic E-state index is 0.00154. The lowest BCUT2D eigenvalue weighted by molar-refractivity contribution is -0.118. The molecule has 0 aliphatic rings. The van der Waals surface area contributed by atoms with Crippen LogP contribution >= 0.6 is 11.6 Å². The van der Waals surface area contributed by atoms with Crippen LogP contribution in [0.15, 0.2) is 12.1 Å². The van der Waals surface area contributed by atoms with Gasteiger partial charge in [-0.3, -0.25) is 4.79 Å². The monoisotopic (exact) mass is 325 g/mol. The fraction of sp³-hybridized carbons (Fsp3) is 0.611. The van der Waals surface area contributed by atoms with Crippen molar-refractivity contribution in [3.05, 3.63) is 28.8 Å². The number of hydrogen-bond acceptors (Lipinski definition) is 2. The highest BCUT2D eigenvalue weighted by Gasteiger charge is 2.18. The number of unbranched alkanes of at least 4 members (excludes halogenated alkanes) is 2. The van der Waals surface area contributed by atoms with Crippen LogP contribution in [0.5, 0.6) is 5.75 Å². The van der Waals surface area contributed by atoms with E-state index >= 15 is 0 Å². The molecule has 22 heavy (non-hydrogen) atoms. The molecule has 0 heterocycles. The summed E-state index contributed by atoms with van der Waals surface area (Å²) in [6.07, 6.45) is 4.22. The highest BCUT2D eigenvalue weighted by Crippen LogP contribution is 2.32. The van der Waals surface area contributed by atoms with Crippen molar-refractivity contribution in [1.29, 1.82) is 0 Å². The van der Waals surface area contributed by atoms with Crippen molar-refractivity contribution >= 4 is 17.5 Å². The number of carbonyl (C=O) groups excluding carboxylic acids is 1. The third kappa shape index (κ3) is 5.53. The number of aryl methyl sites for hydroxylation is 1. The van der Waals surface area contributed by atoms with Gasteiger partial charge in [-0.25, -0.2) is 0 Å². The van der Waals surface area contributed by atoms with Crippen molar-refractivity contribution in [2.45, 2.75) is 65.3 Å². The SMILES string of the molecule is CCCCCc1cc(C(C)(C)C)cc(CNC(=O)CCl)c1O. The summed E-state index contributed by atoms with van der Waals surface area (Å²) in [5.41, 5.74) is 2.90. The van der Waals surface area contributed by atoms with Crippen LogP contribution in [0.25, 0.3) is 0 Å². The largest absolute Gasteiger partial charge is 0.507 e. The van der Waals surface area contributed by atoms with Gasteiger partial charge in [0.05, 0.1) is 0 Å². The first-order valence-corrected chi connectivity index (χ1v) is 8.51. The molecule has 0 atom stereocenters. The molecular formula is C18H28ClNO2. The zero-order valence-corrected chi connectivity index (χ0v) is 14.9. The van der Waals surface area contributed by atoms with Crippen molar-refractivity contribution in [2.75, 3.05) is 5.88 Å². The molecule has 0 saturated carbocycles. The first-order valence-electron chi connectivity index (χ1n) is 7.97. The van der Waals surface area contributed by atoms with E-state index in [0.29, 0.717) is 12.3 Å². The van der Waals surface area contributed by atoms with Crippen LogP contribution in [0.3, 0.4) is 0 Å². The number of nitrogens with one attached hydrogen (secondary N) is 1. The lowest BCUT2D eigenvalue weighted by Crippen LogP contribution is -2.24. The molecular weight excluding hydrogens is 298 g/mol. The number of benzene rings is 1. The number of phenols is 1. The van der Waals surface area contributed by atoms with Gasteiger partial charge in [-0.2, -0.15) is 0 Å². The third-order valence-electron chi connectivity index (χ3n) is 3.78. The van der Waals surface area contributed by atoms with Crippen LogP contribution < -0.4 is 5.32 Å². The Balaban J connectivity index is 3.06. The van der Waals surface area contributed by atoms with E-state index in [2.05, 4.69) is 39.1 Å². The van der Waals surface area contributed by atoms with Gasteiger partial charge in [0.1, 0.15) is 11.6 Å². The molecule has 0 fully saturated rings. The van der Waals surface area contributed by atoms with E-state index in [0.717, 1.165) is 36.8 Å². The van der Waals surface area contributed by atoms with Crippen molar-refractivity contribution in [1.82, 2.24) is 5.32 Å². The summed E-state index contributed by atoms with van der Waals surface area (Å²) in [6.45, 7) is 8.92. The van der Waals surface area contributed by atoms with Crippen LogP contribution in [-0.4, -0.2) is 16.9 Å². The third-order valence-corrected chi connectivity index (χ3v) is 4.02. The van der Waals surface area contributed by atoms with Crippen molar-refractivity contribution in [2.24, 2.45) is 0 Å². The summed E-state index contributed by atoms with van der Waals surface area (Å²) in [5.74, 6) is 0.0111. The fourth-order valence-electron chi connectivity index (χ4n) is 2.32. The Kier molecular flexibility index (Phi) is 7.21. The Morgan fingerprint density at radius 1 is 1.23 bits per heavy atom. The molecule has 124 valence electrons. The minimum atomic E-state index is -0.227. The van der Waals surface area contributed by atoms with Gasteiger partial charge in [-0.1, -0.05) is 46.6 Å². The number of alkyl halides is 1. The van der Waals surface area contributed by atoms with Crippen LogP contribution in [0.1, 0.15) is 63.6 Å². The van der Waals surface area contributed by atoms with Gasteiger partial charge < -0.3 is 10.4 Å². The van der Waals surface area contributed by atoms with Crippen molar-refractivity contribution in [3.8, 4) is 5.75 Å². The quantitative estimate of drug-likeness (QED) is 0.580. The summed E-state index contributed by atoms with van der Waals surface area (Å²) in [5, 5.41) is 13.2. The number of phenolic OH excluding ortho intramolecular Hbond substituents is 1. The molecule has 1 aromatic carbocycles. The summed E-state index contributed by atoms with van der Waals surface area (Å²) >= 11 is 5.50. The zero-order chi connectivity index (χ0) is 16.8. The lowest BCUT2D eigenvalue weighted by Gasteiger charge is -2.22. The van der Waals surface area contributed by atoms with Crippen LogP contribution in [0, 0.1) is 0 Å². The number of carbonyl (C=O) groups is 1. The van der Waals surface area contributed by atoms with Gasteiger partial charge >= 0.3 is 0 Å². The van der Waals surface area contributed by atoms with Crippen molar-refractivity contribution < 1.29 is 9.90 Å². The lowest BCUT2D eigenvalue weighted by atomic mass is 9.84. The second-order valence-corrected chi connectivity index (χ2v) is 7.03. The molecule has 4 heteroatoms. The van der Waals surface area contributed by atoms with Gasteiger partial charge in [-0.05, 0) is 35.4 Å². The Hall–Kier alpha value is -1.22. The van der Waals surface area contributed by atoms with E-state index in [1.165, 1.54) is 5.56 Å². The van der Waals surface area contributed by atoms with Gasteiger partial charge in [0.15, 0.2) is 0 Å². The highest BCUT2D eigenvalue weighted by atomic mass is 35.5. The van der Waals surface area contributed by atoms with Gasteiger partial charge in [0, 0.05) is 12.1 Å². The second-order valence-electron chi connectivity index (χ2n) is 6.76. The topological polar surface area (TPSA) is 49.3 Å². The van der Waals surface area contributed by atoms with E-state index < -0.39 is 0 Å². The summed E-state index contributed by atoms with van der Waals surface area (Å²) in [4.78, 5) is 11.3. The van der Waals surface area contributed by atoms with Crippen LogP contribution in [0.4, 0.5) is 0 Å². The molecule has 0 unspecified atom stereocenters. The van der Waals surface area contributed by atoms with Crippen molar-refractivity contribution in [3.63, 3.8) is 0 Å². The first kappa shape index (κ1) is 18.8. The maximum absolute atomic E-state index is 11.3. The molecule has 0 aliphatic carbocycles. The van der Waals surface area contributed by atoms with E-state index in [9.17, 15) is 9.90 Å². The second kappa shape index (κ2) is 8.42. The van der Waals surface area contributed by atoms with Gasteiger partial charge in [0.2, 0.25) is 5.91 Å². The summed E-state index contributed by atoms with van der Waals surface area (Å²) in [6, 6.07) is 4.07. The molecule has 2 N–H and O–H groups in total. The molecule has 0 bridgehead atoms. The van der Waals surface area contributed by atoms with E-state index in [-0.39, 0.29) is 17.2 Å². The number of amides is 1. The summed E-state index contributed by atoms with van der Waals surface area (Å²) in [7, 11) is 0. The molecule has 1 aromatic rings. The molecule has 0 aliphatic heterocycles. The number of rotatable bonds is 7. The molecule has 1 rings (SSSR count). The zero-order valence-electron chi connectivity index (χ0n) is 14.1. The molecule has 0 radical (unpaired) electrons. The average molecular weight is 326 g/mol. The van der Waals surface area contributed by atoms with E-state index in [1.807, 2.05) is 6.07 Å². The Labute approximate surface area is 139 Å². The fourth-order valence-corrected chi connectivity index (χ4v) is 2.42. The van der Waals surface area contributed by atoms with E-state index in [1.54, 1.807) is 0 Å². The maximum Gasteiger partial charge on any atom is 0.235 e. The molecule has 3 nitrogen and oxygen atoms in total. The molecule has 0 saturated heterocycles. The number of halogens is 1. The minimum Gasteiger partial charge on any atom is -0.507 e. The smallest absolute Gasteiger partial charge is 0.235 e. The highest BCUT2D eigenvalue weighted by molar-refractivity contribution is 6.27. The number of hydrogen-bond donors (Lipinski definition) is 2. The molecule has 0 spiro atoms. The molecule has 0 aromatic heterocycles. The number of aromatic hydroxyl groups is 1. The van der Waals surface area contributed by atoms with Crippen LogP contribution in [0.2, 0.25) is 0 Å². The Bertz CT molecular complexity index is 507. The summed E-state index contributed by atoms with van der Waals surface area (Å²) < 4.78 is 0. The predicted molar refractivity (Wildman–Crippen MR) is 92.6 cm³/mol. The normalized spacial score (nSPS) is 11.5. The Morgan fingerprint density at radius 3 is 2.41 bits per heavy atom. The standard InChI is InChI=1S/C18H28ClNO2/c1-5-6-7-8-13-9-15(18(2,3)4)10-14(17(13)22)12-20-16(21)11-19/h9-10,22H,5-8,11-12H2,1-4H3,(H,20,21). The van der Waals surface area contributed by atoms with Crippen LogP contribution in [-0.2, 0) is 23.2 Å². The average Bonchev–Trinajstić information content (AvgIpc) is 2.46. The maximum atomic E-state index is 11.3. The molecule has 1 amide bonds. The van der Waals surface area contributed by atoms with Gasteiger partial charge in [-0.15, -0.1) is 11.6 Å². The Morgan fingerprint density at radius 2 is 1.86 bits per heavy atom. The first-order chi connectivity index (χ1) is 10.3. The predicted octanol–water partition coefficient (Wildman–Crippen LogP) is 4.28. The van der Waals surface area contributed by atoms with E-state index in [4.69, 9.17) is 11.6 Å².